The van der Waals surface area contributed by atoms with Gasteiger partial charge in [0.1, 0.15) is 0 Å². The zero-order chi connectivity index (χ0) is 8.41. The van der Waals surface area contributed by atoms with E-state index in [1.807, 2.05) is 0 Å². The molecule has 0 fully saturated rings. The SMILES string of the molecule is CCC[CH2][Mg][Br].C[Si](C)C. The number of rotatable bonds is 3. The molecule has 0 bridgehead atoms. The van der Waals surface area contributed by atoms with Gasteiger partial charge in [-0.05, 0) is 0 Å². The molecule has 0 saturated heterocycles. The van der Waals surface area contributed by atoms with Crippen LogP contribution in [0.2, 0.25) is 24.2 Å². The van der Waals surface area contributed by atoms with Gasteiger partial charge < -0.3 is 12.9 Å². The number of halogens is 1. The minimum Gasteiger partial charge on any atom is -0.307 e. The molecule has 0 heterocycles. The highest BCUT2D eigenvalue weighted by atomic mass is 79.9. The van der Waals surface area contributed by atoms with Crippen LogP contribution in [0.25, 0.3) is 0 Å². The van der Waals surface area contributed by atoms with E-state index in [0.717, 1.165) is 0 Å². The average Bonchev–Trinajstić information content (AvgIpc) is 1.82. The van der Waals surface area contributed by atoms with Crippen LogP contribution in [0.15, 0.2) is 0 Å². The molecule has 10 heavy (non-hydrogen) atoms. The van der Waals surface area contributed by atoms with E-state index in [0.29, 0.717) is 0 Å². The van der Waals surface area contributed by atoms with Gasteiger partial charge in [0, 0.05) is 8.80 Å². The molecular weight excluding hydrogens is 216 g/mol. The monoisotopic (exact) mass is 233 g/mol. The summed E-state index contributed by atoms with van der Waals surface area (Å²) in [5.41, 5.74) is 0. The largest absolute Gasteiger partial charge is 0.468 e. The standard InChI is InChI=1S/C4H9.C3H9Si.BrH.Mg/c1-3-4-2;1-4(2)3;;/h1,3-4H2,2H3;1-3H3;1H;/q;;;+1/p-1. The Morgan fingerprint density at radius 1 is 1.30 bits per heavy atom. The first-order valence-electron chi connectivity index (χ1n) is 3.97. The van der Waals surface area contributed by atoms with E-state index < -0.39 is 0 Å². The number of unbranched alkanes of at least 4 members (excludes halogenated alkanes) is 1. The lowest BCUT2D eigenvalue weighted by molar-refractivity contribution is 0.883. The van der Waals surface area contributed by atoms with Crippen molar-refractivity contribution in [1.82, 2.24) is 0 Å². The molecule has 0 atom stereocenters. The molecule has 1 radical (unpaired) electrons. The normalized spacial score (nSPS) is 8.20. The topological polar surface area (TPSA) is 0 Å². The molecule has 0 N–H and O–H groups in total. The summed E-state index contributed by atoms with van der Waals surface area (Å²) in [5, 5.41) is 0. The number of hydrogen-bond acceptors (Lipinski definition) is 0. The summed E-state index contributed by atoms with van der Waals surface area (Å²) < 4.78 is 1.47. The van der Waals surface area contributed by atoms with Gasteiger partial charge in [0.25, 0.3) is 0 Å². The molecule has 3 heteroatoms. The maximum Gasteiger partial charge on any atom is 0.468 e. The maximum absolute atomic E-state index is 3.49. The molecule has 0 spiro atoms. The van der Waals surface area contributed by atoms with Crippen molar-refractivity contribution in [3.63, 3.8) is 0 Å². The van der Waals surface area contributed by atoms with Gasteiger partial charge >= 0.3 is 18.2 Å². The summed E-state index contributed by atoms with van der Waals surface area (Å²) in [5.74, 6) is 0. The van der Waals surface area contributed by atoms with Gasteiger partial charge in [-0.15, -0.1) is 4.55 Å². The first kappa shape index (κ1) is 14.0. The van der Waals surface area contributed by atoms with Crippen LogP contribution < -0.4 is 0 Å². The Hall–Kier alpha value is 1.46. The van der Waals surface area contributed by atoms with Crippen molar-refractivity contribution in [2.24, 2.45) is 0 Å². The Kier molecular flexibility index (Phi) is 18.3. The number of hydrogen-bond donors (Lipinski definition) is 0. The zero-order valence-electron chi connectivity index (χ0n) is 7.71. The van der Waals surface area contributed by atoms with Crippen LogP contribution in [-0.2, 0) is 0 Å². The molecular formula is C7H18BrMgSi. The lowest BCUT2D eigenvalue weighted by Gasteiger charge is -1.83. The Labute approximate surface area is 83.4 Å². The average molecular weight is 235 g/mol. The van der Waals surface area contributed by atoms with E-state index in [4.69, 9.17) is 0 Å². The minimum atomic E-state index is 0.120. The second kappa shape index (κ2) is 13.1. The third-order valence-corrected chi connectivity index (χ3v) is 3.19. The van der Waals surface area contributed by atoms with Crippen molar-refractivity contribution >= 4 is 39.9 Å². The molecule has 0 aromatic carbocycles. The van der Waals surface area contributed by atoms with Gasteiger partial charge in [0.05, 0.1) is 0 Å². The fourth-order valence-corrected chi connectivity index (χ4v) is 2.22. The van der Waals surface area contributed by atoms with Crippen LogP contribution in [0, 0.1) is 0 Å². The van der Waals surface area contributed by atoms with Crippen LogP contribution in [0.1, 0.15) is 19.8 Å². The molecule has 0 rings (SSSR count). The molecule has 0 saturated carbocycles. The van der Waals surface area contributed by atoms with Gasteiger partial charge in [0.2, 0.25) is 0 Å². The Bertz CT molecular complexity index is 44.1. The van der Waals surface area contributed by atoms with E-state index in [-0.39, 0.29) is 27.0 Å². The van der Waals surface area contributed by atoms with Crippen molar-refractivity contribution in [1.29, 1.82) is 0 Å². The lowest BCUT2D eigenvalue weighted by Crippen LogP contribution is -1.84. The van der Waals surface area contributed by atoms with Crippen molar-refractivity contribution in [3.05, 3.63) is 0 Å². The maximum atomic E-state index is 3.49. The Morgan fingerprint density at radius 2 is 1.70 bits per heavy atom. The summed E-state index contributed by atoms with van der Waals surface area (Å²) >= 11 is 3.70. The highest BCUT2D eigenvalue weighted by Crippen LogP contribution is 1.94. The second-order valence-electron chi connectivity index (χ2n) is 2.90. The first-order valence-corrected chi connectivity index (χ1v) is 11.9. The summed E-state index contributed by atoms with van der Waals surface area (Å²) in [7, 11) is 0.120. The highest BCUT2D eigenvalue weighted by Gasteiger charge is 1.84. The molecule has 0 amide bonds. The third kappa shape index (κ3) is 34.0. The summed E-state index contributed by atoms with van der Waals surface area (Å²) in [6.45, 7) is 9.04. The molecule has 0 aliphatic heterocycles. The lowest BCUT2D eigenvalue weighted by atomic mass is 10.4. The van der Waals surface area contributed by atoms with Crippen molar-refractivity contribution in [3.8, 4) is 0 Å². The summed E-state index contributed by atoms with van der Waals surface area (Å²) in [4.78, 5) is 0. The molecule has 0 aliphatic rings. The van der Waals surface area contributed by atoms with Crippen LogP contribution >= 0.6 is 12.9 Å². The quantitative estimate of drug-likeness (QED) is 0.517. The van der Waals surface area contributed by atoms with Crippen LogP contribution in [0.5, 0.6) is 0 Å². The van der Waals surface area contributed by atoms with Gasteiger partial charge in [-0.2, -0.15) is 0 Å². The van der Waals surface area contributed by atoms with Gasteiger partial charge in [-0.1, -0.05) is 39.4 Å². The van der Waals surface area contributed by atoms with E-state index in [1.165, 1.54) is 17.4 Å². The molecule has 0 aromatic heterocycles. The van der Waals surface area contributed by atoms with E-state index in [1.54, 1.807) is 0 Å². The molecule has 0 aliphatic carbocycles. The van der Waals surface area contributed by atoms with Crippen molar-refractivity contribution < 1.29 is 0 Å². The highest BCUT2D eigenvalue weighted by molar-refractivity contribution is 9.23. The first-order chi connectivity index (χ1) is 4.65. The van der Waals surface area contributed by atoms with E-state index in [9.17, 15) is 0 Å². The summed E-state index contributed by atoms with van der Waals surface area (Å²) in [6.07, 6.45) is 2.79. The molecule has 59 valence electrons. The molecule has 0 aromatic rings. The fourth-order valence-electron chi connectivity index (χ4n) is 0.344. The molecule has 0 unspecified atom stereocenters. The van der Waals surface area contributed by atoms with E-state index in [2.05, 4.69) is 39.4 Å². The summed E-state index contributed by atoms with van der Waals surface area (Å²) in [6, 6.07) is 0. The van der Waals surface area contributed by atoms with Crippen LogP contribution in [0.4, 0.5) is 0 Å². The predicted octanol–water partition coefficient (Wildman–Crippen LogP) is 3.59. The molecule has 0 nitrogen and oxygen atoms in total. The Morgan fingerprint density at radius 3 is 1.80 bits per heavy atom. The van der Waals surface area contributed by atoms with Crippen LogP contribution in [-0.4, -0.2) is 27.0 Å². The third-order valence-electron chi connectivity index (χ3n) is 0.737. The van der Waals surface area contributed by atoms with Gasteiger partial charge in [-0.25, -0.2) is 0 Å². The second-order valence-corrected chi connectivity index (χ2v) is 9.36. The minimum absolute atomic E-state index is 0.120. The predicted molar refractivity (Wildman–Crippen MR) is 57.7 cm³/mol. The Balaban J connectivity index is 0. The van der Waals surface area contributed by atoms with Crippen molar-refractivity contribution in [2.45, 2.75) is 44.0 Å². The smallest absolute Gasteiger partial charge is 0.307 e. The van der Waals surface area contributed by atoms with E-state index >= 15 is 0 Å². The van der Waals surface area contributed by atoms with Gasteiger partial charge in [-0.3, -0.25) is 0 Å². The zero-order valence-corrected chi connectivity index (χ0v) is 11.7. The van der Waals surface area contributed by atoms with Crippen molar-refractivity contribution in [2.75, 3.05) is 0 Å². The van der Waals surface area contributed by atoms with Gasteiger partial charge in [0.15, 0.2) is 0 Å². The van der Waals surface area contributed by atoms with Crippen LogP contribution in [0.3, 0.4) is 0 Å². The fraction of sp³-hybridized carbons (Fsp3) is 1.00.